The number of aromatic nitrogens is 4. The van der Waals surface area contributed by atoms with Crippen molar-refractivity contribution in [1.82, 2.24) is 40.4 Å². The first-order valence-electron chi connectivity index (χ1n) is 25.1. The Labute approximate surface area is 407 Å². The Kier molecular flexibility index (Phi) is 13.6. The van der Waals surface area contributed by atoms with Crippen LogP contribution in [-0.2, 0) is 34.0 Å². The lowest BCUT2D eigenvalue weighted by atomic mass is 9.68. The molecule has 4 amide bonds. The number of ether oxygens (including phenoxy) is 5. The van der Waals surface area contributed by atoms with E-state index in [1.54, 1.807) is 0 Å². The first-order valence-corrected chi connectivity index (χ1v) is 25.1. The van der Waals surface area contributed by atoms with E-state index in [0.29, 0.717) is 71.0 Å². The minimum absolute atomic E-state index is 0.0417. The standard InChI is InChI=1S/C53H64N8O9/c1-5-53(6-2)37-14-13-35(40-30-55-48(57-40)42-10-8-20-61(42)50(63)46(59-52(65)67-4)32-17-23-69-24-18-32)28-43(37)70-44-27-33-11-12-34(25-36(33)26-38(44)53)39-29-54-47(56-39)41-9-7-19-60(41)49(62)45(58-51(64)66-3)31-15-21-68-22-16-31/h11-14,25-32,41-42,45-46H,5-10,15-24H2,1-4H3,(H,54,56)(H,55,57)(H,58,64)(H,59,65)/t41-,42-,45-,46+/m0/s1. The lowest BCUT2D eigenvalue weighted by molar-refractivity contribution is -0.137. The van der Waals surface area contributed by atoms with Crippen LogP contribution in [0.5, 0.6) is 11.5 Å². The fraction of sp³-hybridized carbons (Fsp3) is 0.509. The molecule has 0 saturated carbocycles. The van der Waals surface area contributed by atoms with E-state index in [1.807, 2.05) is 22.2 Å². The third-order valence-corrected chi connectivity index (χ3v) is 15.8. The van der Waals surface area contributed by atoms with Crippen LogP contribution in [0.4, 0.5) is 9.59 Å². The summed E-state index contributed by atoms with van der Waals surface area (Å²) in [5.41, 5.74) is 5.56. The Morgan fingerprint density at radius 2 is 1.16 bits per heavy atom. The Morgan fingerprint density at radius 1 is 0.657 bits per heavy atom. The van der Waals surface area contributed by atoms with Crippen LogP contribution >= 0.6 is 0 Å². The van der Waals surface area contributed by atoms with Crippen molar-refractivity contribution in [3.63, 3.8) is 0 Å². The number of likely N-dealkylation sites (tertiary alicyclic amines) is 2. The third kappa shape index (κ3) is 8.86. The van der Waals surface area contributed by atoms with E-state index in [2.05, 4.69) is 83.0 Å². The van der Waals surface area contributed by atoms with Gasteiger partial charge in [0.2, 0.25) is 11.8 Å². The lowest BCUT2D eigenvalue weighted by Crippen LogP contribution is -2.53. The molecule has 5 aliphatic rings. The van der Waals surface area contributed by atoms with Crippen molar-refractivity contribution in [2.75, 3.05) is 53.7 Å². The van der Waals surface area contributed by atoms with Crippen molar-refractivity contribution < 1.29 is 42.9 Å². The van der Waals surface area contributed by atoms with Gasteiger partial charge >= 0.3 is 12.2 Å². The van der Waals surface area contributed by atoms with Gasteiger partial charge in [0, 0.05) is 67.2 Å². The summed E-state index contributed by atoms with van der Waals surface area (Å²) in [6.07, 6.45) is 10.1. The smallest absolute Gasteiger partial charge is 0.407 e. The molecular formula is C53H64N8O9. The van der Waals surface area contributed by atoms with Gasteiger partial charge in [0.25, 0.3) is 0 Å². The summed E-state index contributed by atoms with van der Waals surface area (Å²) < 4.78 is 27.8. The van der Waals surface area contributed by atoms with Gasteiger partial charge in [-0.1, -0.05) is 38.1 Å². The number of amides is 4. The maximum atomic E-state index is 14.2. The zero-order valence-electron chi connectivity index (χ0n) is 40.5. The molecule has 5 aliphatic heterocycles. The van der Waals surface area contributed by atoms with Gasteiger partial charge in [0.1, 0.15) is 35.2 Å². The number of hydrogen-bond donors (Lipinski definition) is 4. The van der Waals surface area contributed by atoms with E-state index >= 15 is 0 Å². The summed E-state index contributed by atoms with van der Waals surface area (Å²) in [6.45, 7) is 7.83. The van der Waals surface area contributed by atoms with E-state index in [0.717, 1.165) is 100 Å². The third-order valence-electron chi connectivity index (χ3n) is 15.8. The predicted octanol–water partition coefficient (Wildman–Crippen LogP) is 8.46. The fourth-order valence-electron chi connectivity index (χ4n) is 11.9. The van der Waals surface area contributed by atoms with Gasteiger partial charge in [0.15, 0.2) is 0 Å². The summed E-state index contributed by atoms with van der Waals surface area (Å²) in [5, 5.41) is 7.80. The molecule has 7 heterocycles. The normalized spacial score (nSPS) is 21.1. The van der Waals surface area contributed by atoms with Crippen LogP contribution in [0.3, 0.4) is 0 Å². The van der Waals surface area contributed by atoms with E-state index in [9.17, 15) is 19.2 Å². The number of rotatable bonds is 12. The van der Waals surface area contributed by atoms with Crippen molar-refractivity contribution in [1.29, 1.82) is 0 Å². The van der Waals surface area contributed by atoms with Crippen LogP contribution < -0.4 is 15.4 Å². The molecule has 0 aliphatic carbocycles. The van der Waals surface area contributed by atoms with Gasteiger partial charge in [-0.25, -0.2) is 19.6 Å². The zero-order chi connectivity index (χ0) is 48.5. The topological polar surface area (TPSA) is 202 Å². The highest BCUT2D eigenvalue weighted by Gasteiger charge is 2.43. The molecule has 5 aromatic rings. The van der Waals surface area contributed by atoms with E-state index in [-0.39, 0.29) is 41.1 Å². The number of alkyl carbamates (subject to hydrolysis) is 2. The largest absolute Gasteiger partial charge is 0.457 e. The van der Waals surface area contributed by atoms with Crippen molar-refractivity contribution in [2.24, 2.45) is 11.8 Å². The summed E-state index contributed by atoms with van der Waals surface area (Å²) in [7, 11) is 2.63. The monoisotopic (exact) mass is 956 g/mol. The number of nitrogens with one attached hydrogen (secondary N) is 4. The summed E-state index contributed by atoms with van der Waals surface area (Å²) in [4.78, 5) is 73.7. The Morgan fingerprint density at radius 3 is 1.67 bits per heavy atom. The second-order valence-corrected chi connectivity index (χ2v) is 19.4. The van der Waals surface area contributed by atoms with Gasteiger partial charge in [-0.2, -0.15) is 0 Å². The second kappa shape index (κ2) is 20.1. The van der Waals surface area contributed by atoms with Crippen molar-refractivity contribution in [2.45, 2.75) is 108 Å². The molecule has 4 fully saturated rings. The Balaban J connectivity index is 0.881. The molecule has 370 valence electrons. The number of hydrogen-bond acceptors (Lipinski definition) is 11. The van der Waals surface area contributed by atoms with Crippen molar-refractivity contribution in [3.8, 4) is 34.0 Å². The van der Waals surface area contributed by atoms with Gasteiger partial charge < -0.3 is 54.1 Å². The highest BCUT2D eigenvalue weighted by molar-refractivity contribution is 5.91. The molecule has 70 heavy (non-hydrogen) atoms. The first-order chi connectivity index (χ1) is 34.1. The minimum Gasteiger partial charge on any atom is -0.457 e. The Hall–Kier alpha value is -6.46. The molecule has 0 bridgehead atoms. The fourth-order valence-corrected chi connectivity index (χ4v) is 11.9. The molecule has 4 atom stereocenters. The van der Waals surface area contributed by atoms with Crippen molar-refractivity contribution in [3.05, 3.63) is 83.7 Å². The molecule has 0 unspecified atom stereocenters. The number of H-pyrrole nitrogens is 2. The molecule has 17 heteroatoms. The summed E-state index contributed by atoms with van der Waals surface area (Å²) >= 11 is 0. The quantitative estimate of drug-likeness (QED) is 0.0935. The predicted molar refractivity (Wildman–Crippen MR) is 260 cm³/mol. The average molecular weight is 957 g/mol. The van der Waals surface area contributed by atoms with E-state index < -0.39 is 24.3 Å². The molecule has 0 spiro atoms. The van der Waals surface area contributed by atoms with Crippen LogP contribution in [0.1, 0.15) is 113 Å². The molecule has 2 aromatic heterocycles. The van der Waals surface area contributed by atoms with Crippen LogP contribution in [0.15, 0.2) is 60.9 Å². The number of fused-ring (bicyclic) bond motifs is 3. The van der Waals surface area contributed by atoms with Gasteiger partial charge in [-0.3, -0.25) is 9.59 Å². The van der Waals surface area contributed by atoms with Crippen LogP contribution in [0.2, 0.25) is 0 Å². The van der Waals surface area contributed by atoms with Crippen LogP contribution in [-0.4, -0.2) is 120 Å². The second-order valence-electron chi connectivity index (χ2n) is 19.4. The van der Waals surface area contributed by atoms with Crippen LogP contribution in [0.25, 0.3) is 33.3 Å². The molecule has 17 nitrogen and oxygen atoms in total. The Bertz CT molecular complexity index is 2740. The first kappa shape index (κ1) is 47.2. The number of carbonyl (C=O) groups is 4. The van der Waals surface area contributed by atoms with Crippen molar-refractivity contribution >= 4 is 34.8 Å². The SMILES string of the molecule is CCC1(CC)c2ccc(-c3cnc([C@@H]4CCCN4C(=O)[C@H](NC(=O)OC)C4CCOCC4)[nH]3)cc2Oc2cc3ccc(-c4cnc([C@@H]5CCCN5C(=O)[C@@H](NC(=O)OC)C5CCOCC5)[nH]4)cc3cc21. The zero-order valence-corrected chi connectivity index (χ0v) is 40.5. The summed E-state index contributed by atoms with van der Waals surface area (Å²) in [6, 6.07) is 15.3. The number of imidazole rings is 2. The number of aromatic amines is 2. The molecule has 10 rings (SSSR count). The molecular weight excluding hydrogens is 893 g/mol. The molecule has 4 N–H and O–H groups in total. The molecule has 3 aromatic carbocycles. The summed E-state index contributed by atoms with van der Waals surface area (Å²) in [5.74, 6) is 2.74. The maximum Gasteiger partial charge on any atom is 0.407 e. The van der Waals surface area contributed by atoms with Gasteiger partial charge in [-0.05, 0) is 111 Å². The highest BCUT2D eigenvalue weighted by Crippen LogP contribution is 2.53. The number of carbonyl (C=O) groups excluding carboxylic acids is 4. The highest BCUT2D eigenvalue weighted by atomic mass is 16.5. The minimum atomic E-state index is -0.706. The molecule has 0 radical (unpaired) electrons. The lowest BCUT2D eigenvalue weighted by Gasteiger charge is -2.39. The van der Waals surface area contributed by atoms with Crippen LogP contribution in [0, 0.1) is 11.8 Å². The number of benzene rings is 3. The van der Waals surface area contributed by atoms with Gasteiger partial charge in [-0.15, -0.1) is 0 Å². The molecule has 4 saturated heterocycles. The average Bonchev–Trinajstić information content (AvgIpc) is 4.26. The van der Waals surface area contributed by atoms with E-state index in [4.69, 9.17) is 33.7 Å². The number of methoxy groups -OCH3 is 2. The number of nitrogens with zero attached hydrogens (tertiary/aromatic N) is 4. The van der Waals surface area contributed by atoms with Gasteiger partial charge in [0.05, 0.1) is 50.1 Å². The van der Waals surface area contributed by atoms with E-state index in [1.165, 1.54) is 14.2 Å². The maximum absolute atomic E-state index is 14.2.